The van der Waals surface area contributed by atoms with Gasteiger partial charge in [0.05, 0.1) is 24.8 Å². The quantitative estimate of drug-likeness (QED) is 0.769. The van der Waals surface area contributed by atoms with Crippen LogP contribution in [-0.4, -0.2) is 37.4 Å². The van der Waals surface area contributed by atoms with E-state index in [1.165, 1.54) is 13.2 Å². The molecule has 0 saturated carbocycles. The molecule has 5 nitrogen and oxygen atoms in total. The highest BCUT2D eigenvalue weighted by Gasteiger charge is 2.16. The summed E-state index contributed by atoms with van der Waals surface area (Å²) in [7, 11) is 1.50. The summed E-state index contributed by atoms with van der Waals surface area (Å²) in [6, 6.07) is 3.11. The van der Waals surface area contributed by atoms with Crippen molar-refractivity contribution in [2.45, 2.75) is 33.3 Å². The van der Waals surface area contributed by atoms with Crippen LogP contribution in [0.15, 0.2) is 12.1 Å². The first-order valence-corrected chi connectivity index (χ1v) is 7.69. The number of aliphatic hydroxyl groups is 1. The molecule has 0 aliphatic carbocycles. The molecule has 0 bridgehead atoms. The molecule has 0 spiro atoms. The molecule has 1 rings (SSSR count). The summed E-state index contributed by atoms with van der Waals surface area (Å²) in [5.74, 6) is 1.06. The number of rotatable bonds is 8. The summed E-state index contributed by atoms with van der Waals surface area (Å²) < 4.78 is 10.9. The predicted octanol–water partition coefficient (Wildman–Crippen LogP) is 2.88. The van der Waals surface area contributed by atoms with Crippen LogP contribution >= 0.6 is 11.6 Å². The van der Waals surface area contributed by atoms with Gasteiger partial charge in [-0.3, -0.25) is 4.79 Å². The largest absolute Gasteiger partial charge is 0.493 e. The lowest BCUT2D eigenvalue weighted by Gasteiger charge is -2.15. The van der Waals surface area contributed by atoms with Gasteiger partial charge in [0.1, 0.15) is 0 Å². The van der Waals surface area contributed by atoms with Gasteiger partial charge in [0.2, 0.25) is 0 Å². The number of nitrogens with one attached hydrogen (secondary N) is 1. The fourth-order valence-corrected chi connectivity index (χ4v) is 2.00. The van der Waals surface area contributed by atoms with Crippen molar-refractivity contribution in [2.24, 2.45) is 5.92 Å². The van der Waals surface area contributed by atoms with Gasteiger partial charge in [-0.1, -0.05) is 25.4 Å². The zero-order valence-electron chi connectivity index (χ0n) is 13.5. The van der Waals surface area contributed by atoms with E-state index < -0.39 is 6.10 Å². The second kappa shape index (κ2) is 8.86. The summed E-state index contributed by atoms with van der Waals surface area (Å²) in [5.41, 5.74) is 0.360. The molecular weight excluding hydrogens is 306 g/mol. The van der Waals surface area contributed by atoms with Gasteiger partial charge in [-0.2, -0.15) is 0 Å². The Morgan fingerprint density at radius 3 is 2.59 bits per heavy atom. The van der Waals surface area contributed by atoms with Crippen molar-refractivity contribution >= 4 is 17.5 Å². The molecule has 1 aromatic rings. The smallest absolute Gasteiger partial charge is 0.251 e. The van der Waals surface area contributed by atoms with E-state index in [0.717, 1.165) is 6.42 Å². The number of aliphatic hydroxyl groups excluding tert-OH is 1. The first-order valence-electron chi connectivity index (χ1n) is 7.31. The third-order valence-corrected chi connectivity index (χ3v) is 3.27. The fourth-order valence-electron chi connectivity index (χ4n) is 1.73. The zero-order chi connectivity index (χ0) is 16.7. The lowest BCUT2D eigenvalue weighted by atomic mass is 10.1. The number of hydrogen-bond donors (Lipinski definition) is 2. The van der Waals surface area contributed by atoms with Crippen LogP contribution in [0.4, 0.5) is 0 Å². The van der Waals surface area contributed by atoms with Crippen molar-refractivity contribution in [3.8, 4) is 11.5 Å². The van der Waals surface area contributed by atoms with Crippen LogP contribution in [0.3, 0.4) is 0 Å². The second-order valence-electron chi connectivity index (χ2n) is 5.58. The molecule has 0 unspecified atom stereocenters. The van der Waals surface area contributed by atoms with E-state index in [-0.39, 0.29) is 12.5 Å². The minimum atomic E-state index is -0.611. The number of amides is 1. The Hall–Kier alpha value is -1.46. The second-order valence-corrected chi connectivity index (χ2v) is 5.99. The van der Waals surface area contributed by atoms with Crippen molar-refractivity contribution in [1.82, 2.24) is 5.32 Å². The monoisotopic (exact) mass is 329 g/mol. The van der Waals surface area contributed by atoms with Crippen molar-refractivity contribution in [2.75, 3.05) is 20.3 Å². The minimum absolute atomic E-state index is 0.172. The van der Waals surface area contributed by atoms with Crippen LogP contribution in [0.5, 0.6) is 11.5 Å². The first kappa shape index (κ1) is 18.6. The molecule has 1 atom stereocenters. The summed E-state index contributed by atoms with van der Waals surface area (Å²) in [5, 5.41) is 12.1. The maximum absolute atomic E-state index is 12.0. The molecule has 0 aliphatic heterocycles. The average Bonchev–Trinajstić information content (AvgIpc) is 2.45. The number of halogens is 1. The molecule has 1 aromatic carbocycles. The zero-order valence-corrected chi connectivity index (χ0v) is 14.2. The van der Waals surface area contributed by atoms with Crippen LogP contribution < -0.4 is 14.8 Å². The van der Waals surface area contributed by atoms with Gasteiger partial charge < -0.3 is 19.9 Å². The van der Waals surface area contributed by atoms with Crippen molar-refractivity contribution in [3.63, 3.8) is 0 Å². The molecule has 0 aliphatic rings. The van der Waals surface area contributed by atoms with Crippen LogP contribution in [0, 0.1) is 5.92 Å². The normalized spacial score (nSPS) is 12.1. The Balaban J connectivity index is 2.87. The van der Waals surface area contributed by atoms with Crippen molar-refractivity contribution < 1.29 is 19.4 Å². The maximum atomic E-state index is 12.0. The molecule has 0 heterocycles. The van der Waals surface area contributed by atoms with E-state index in [9.17, 15) is 9.90 Å². The van der Waals surface area contributed by atoms with Gasteiger partial charge >= 0.3 is 0 Å². The van der Waals surface area contributed by atoms with Gasteiger partial charge in [-0.15, -0.1) is 0 Å². The van der Waals surface area contributed by atoms with E-state index in [4.69, 9.17) is 21.1 Å². The van der Waals surface area contributed by atoms with Crippen LogP contribution in [0.2, 0.25) is 5.02 Å². The van der Waals surface area contributed by atoms with Gasteiger partial charge in [-0.25, -0.2) is 0 Å². The van der Waals surface area contributed by atoms with E-state index in [1.54, 1.807) is 13.0 Å². The third kappa shape index (κ3) is 5.73. The maximum Gasteiger partial charge on any atom is 0.251 e. The number of carbonyl (C=O) groups excluding carboxylic acids is 1. The highest BCUT2D eigenvalue weighted by atomic mass is 35.5. The lowest BCUT2D eigenvalue weighted by Crippen LogP contribution is -2.30. The Morgan fingerprint density at radius 1 is 1.36 bits per heavy atom. The SMILES string of the molecule is COc1cc(C(=O)NC[C@H](C)O)cc(Cl)c1OCCC(C)C. The lowest BCUT2D eigenvalue weighted by molar-refractivity contribution is 0.0923. The van der Waals surface area contributed by atoms with Crippen molar-refractivity contribution in [3.05, 3.63) is 22.7 Å². The number of methoxy groups -OCH3 is 1. The molecular formula is C16H24ClNO4. The number of benzene rings is 1. The Kier molecular flexibility index (Phi) is 7.48. The Bertz CT molecular complexity index is 503. The standard InChI is InChI=1S/C16H24ClNO4/c1-10(2)5-6-22-15-13(17)7-12(8-14(15)21-4)16(20)18-9-11(3)19/h7-8,10-11,19H,5-6,9H2,1-4H3,(H,18,20)/t11-/m0/s1. The number of hydrogen-bond acceptors (Lipinski definition) is 4. The highest BCUT2D eigenvalue weighted by Crippen LogP contribution is 2.36. The molecule has 124 valence electrons. The molecule has 0 saturated heterocycles. The van der Waals surface area contributed by atoms with Gasteiger partial charge in [0, 0.05) is 12.1 Å². The summed E-state index contributed by atoms with van der Waals surface area (Å²) >= 11 is 6.20. The van der Waals surface area contributed by atoms with Crippen LogP contribution in [-0.2, 0) is 0 Å². The van der Waals surface area contributed by atoms with E-state index in [2.05, 4.69) is 19.2 Å². The predicted molar refractivity (Wildman–Crippen MR) is 87.0 cm³/mol. The Labute approximate surface area is 136 Å². The molecule has 0 aromatic heterocycles. The van der Waals surface area contributed by atoms with Gasteiger partial charge in [-0.05, 0) is 31.4 Å². The fraction of sp³-hybridized carbons (Fsp3) is 0.562. The van der Waals surface area contributed by atoms with Crippen LogP contribution in [0.25, 0.3) is 0 Å². The van der Waals surface area contributed by atoms with E-state index >= 15 is 0 Å². The summed E-state index contributed by atoms with van der Waals surface area (Å²) in [4.78, 5) is 12.0. The highest BCUT2D eigenvalue weighted by molar-refractivity contribution is 6.32. The van der Waals surface area contributed by atoms with E-state index in [0.29, 0.717) is 34.6 Å². The molecule has 0 radical (unpaired) electrons. The Morgan fingerprint density at radius 2 is 2.05 bits per heavy atom. The topological polar surface area (TPSA) is 67.8 Å². The molecule has 1 amide bonds. The molecule has 2 N–H and O–H groups in total. The number of ether oxygens (including phenoxy) is 2. The van der Waals surface area contributed by atoms with E-state index in [1.807, 2.05) is 0 Å². The van der Waals surface area contributed by atoms with Crippen molar-refractivity contribution in [1.29, 1.82) is 0 Å². The van der Waals surface area contributed by atoms with Gasteiger partial charge in [0.15, 0.2) is 11.5 Å². The summed E-state index contributed by atoms with van der Waals surface area (Å²) in [6.45, 7) is 6.52. The average molecular weight is 330 g/mol. The summed E-state index contributed by atoms with van der Waals surface area (Å²) in [6.07, 6.45) is 0.288. The molecule has 6 heteroatoms. The van der Waals surface area contributed by atoms with Gasteiger partial charge in [0.25, 0.3) is 5.91 Å². The van der Waals surface area contributed by atoms with Crippen LogP contribution in [0.1, 0.15) is 37.6 Å². The minimum Gasteiger partial charge on any atom is -0.493 e. The molecule has 0 fully saturated rings. The first-order chi connectivity index (χ1) is 10.3. The molecule has 22 heavy (non-hydrogen) atoms. The third-order valence-electron chi connectivity index (χ3n) is 2.99. The number of carbonyl (C=O) groups is 1.